The van der Waals surface area contributed by atoms with Gasteiger partial charge in [0.2, 0.25) is 0 Å². The van der Waals surface area contributed by atoms with Gasteiger partial charge in [0, 0.05) is 13.2 Å². The summed E-state index contributed by atoms with van der Waals surface area (Å²) in [6.45, 7) is 10.6. The summed E-state index contributed by atoms with van der Waals surface area (Å²) in [5, 5.41) is 16.0. The molecule has 0 fully saturated rings. The minimum atomic E-state index is -0.560. The SMILES string of the molecule is CC(O)CO.CCOC(C)OCC.Cc1ccco1. The van der Waals surface area contributed by atoms with Crippen LogP contribution < -0.4 is 0 Å². The minimum absolute atomic E-state index is 0.0370. The van der Waals surface area contributed by atoms with Crippen LogP contribution in [0.1, 0.15) is 33.5 Å². The predicted molar refractivity (Wildman–Crippen MR) is 74.9 cm³/mol. The maximum Gasteiger partial charge on any atom is 0.154 e. The Labute approximate surface area is 116 Å². The van der Waals surface area contributed by atoms with Crippen LogP contribution in [0.4, 0.5) is 0 Å². The zero-order valence-corrected chi connectivity index (χ0v) is 12.6. The summed E-state index contributed by atoms with van der Waals surface area (Å²) in [5.41, 5.74) is 0. The summed E-state index contributed by atoms with van der Waals surface area (Å²) in [6.07, 6.45) is 1.06. The van der Waals surface area contributed by atoms with Gasteiger partial charge in [-0.15, -0.1) is 0 Å². The van der Waals surface area contributed by atoms with Crippen LogP contribution in [0, 0.1) is 6.92 Å². The molecule has 0 aliphatic heterocycles. The van der Waals surface area contributed by atoms with E-state index in [0.717, 1.165) is 19.0 Å². The van der Waals surface area contributed by atoms with Crippen molar-refractivity contribution in [1.29, 1.82) is 0 Å². The average molecular weight is 276 g/mol. The third-order valence-corrected chi connectivity index (χ3v) is 1.73. The van der Waals surface area contributed by atoms with E-state index in [1.807, 2.05) is 39.8 Å². The summed E-state index contributed by atoms with van der Waals surface area (Å²) in [6, 6.07) is 3.79. The highest BCUT2D eigenvalue weighted by atomic mass is 16.7. The number of aliphatic hydroxyl groups excluding tert-OH is 2. The van der Waals surface area contributed by atoms with Gasteiger partial charge in [0.15, 0.2) is 6.29 Å². The van der Waals surface area contributed by atoms with Crippen LogP contribution in [0.2, 0.25) is 0 Å². The molecule has 0 amide bonds. The molecule has 2 N–H and O–H groups in total. The molecule has 1 atom stereocenters. The maximum absolute atomic E-state index is 8.11. The summed E-state index contributed by atoms with van der Waals surface area (Å²) in [4.78, 5) is 0. The second-order valence-corrected chi connectivity index (χ2v) is 3.73. The van der Waals surface area contributed by atoms with Crippen molar-refractivity contribution < 1.29 is 24.1 Å². The van der Waals surface area contributed by atoms with E-state index < -0.39 is 6.10 Å². The molecule has 0 bridgehead atoms. The summed E-state index contributed by atoms with van der Waals surface area (Å²) < 4.78 is 15.0. The maximum atomic E-state index is 8.11. The number of rotatable bonds is 5. The van der Waals surface area contributed by atoms with Crippen molar-refractivity contribution in [3.8, 4) is 0 Å². The molecule has 0 spiro atoms. The van der Waals surface area contributed by atoms with Crippen molar-refractivity contribution in [3.05, 3.63) is 24.2 Å². The number of aryl methyl sites for hydroxylation is 1. The number of furan rings is 1. The van der Waals surface area contributed by atoms with Gasteiger partial charge in [0.1, 0.15) is 5.76 Å². The minimum Gasteiger partial charge on any atom is -0.470 e. The first-order valence-corrected chi connectivity index (χ1v) is 6.50. The predicted octanol–water partition coefficient (Wildman–Crippen LogP) is 2.35. The monoisotopic (exact) mass is 276 g/mol. The topological polar surface area (TPSA) is 72.1 Å². The lowest BCUT2D eigenvalue weighted by atomic mass is 10.5. The molecule has 5 heteroatoms. The highest BCUT2D eigenvalue weighted by Crippen LogP contribution is 1.93. The zero-order valence-electron chi connectivity index (χ0n) is 12.6. The van der Waals surface area contributed by atoms with E-state index in [2.05, 4.69) is 0 Å². The van der Waals surface area contributed by atoms with Crippen LogP contribution in [0.15, 0.2) is 22.8 Å². The van der Waals surface area contributed by atoms with Gasteiger partial charge in [-0.25, -0.2) is 0 Å². The molecule has 1 aromatic rings. The van der Waals surface area contributed by atoms with Gasteiger partial charge >= 0.3 is 0 Å². The molecule has 0 aliphatic rings. The van der Waals surface area contributed by atoms with Crippen molar-refractivity contribution in [3.63, 3.8) is 0 Å². The van der Waals surface area contributed by atoms with Gasteiger partial charge < -0.3 is 24.1 Å². The molecule has 0 saturated heterocycles. The molecule has 1 rings (SSSR count). The second kappa shape index (κ2) is 15.2. The number of aliphatic hydroxyl groups is 2. The third-order valence-electron chi connectivity index (χ3n) is 1.73. The van der Waals surface area contributed by atoms with Crippen molar-refractivity contribution in [2.24, 2.45) is 0 Å². The van der Waals surface area contributed by atoms with Gasteiger partial charge in [-0.3, -0.25) is 0 Å². The fraction of sp³-hybridized carbons (Fsp3) is 0.714. The molecule has 19 heavy (non-hydrogen) atoms. The number of hydrogen-bond acceptors (Lipinski definition) is 5. The fourth-order valence-electron chi connectivity index (χ4n) is 0.878. The Kier molecular flexibility index (Phi) is 16.3. The lowest BCUT2D eigenvalue weighted by molar-refractivity contribution is -0.123. The Bertz CT molecular complexity index is 240. The van der Waals surface area contributed by atoms with Gasteiger partial charge in [-0.05, 0) is 46.8 Å². The van der Waals surface area contributed by atoms with Crippen LogP contribution in [0.25, 0.3) is 0 Å². The van der Waals surface area contributed by atoms with Crippen LogP contribution in [-0.2, 0) is 9.47 Å². The lowest BCUT2D eigenvalue weighted by Gasteiger charge is -2.09. The molecule has 0 aliphatic carbocycles. The smallest absolute Gasteiger partial charge is 0.154 e. The number of ether oxygens (including phenoxy) is 2. The highest BCUT2D eigenvalue weighted by Gasteiger charge is 1.94. The van der Waals surface area contributed by atoms with Crippen LogP contribution in [0.3, 0.4) is 0 Å². The van der Waals surface area contributed by atoms with Crippen molar-refractivity contribution in [1.82, 2.24) is 0 Å². The Morgan fingerprint density at radius 3 is 1.84 bits per heavy atom. The first kappa shape index (κ1) is 20.4. The Hall–Kier alpha value is -0.880. The van der Waals surface area contributed by atoms with Crippen molar-refractivity contribution in [2.75, 3.05) is 19.8 Å². The van der Waals surface area contributed by atoms with E-state index in [0.29, 0.717) is 0 Å². The quantitative estimate of drug-likeness (QED) is 0.808. The highest BCUT2D eigenvalue weighted by molar-refractivity contribution is 4.93. The molecule has 1 heterocycles. The molecule has 114 valence electrons. The fourth-order valence-corrected chi connectivity index (χ4v) is 0.878. The van der Waals surface area contributed by atoms with Crippen LogP contribution in [0.5, 0.6) is 0 Å². The van der Waals surface area contributed by atoms with Crippen LogP contribution in [-0.4, -0.2) is 42.4 Å². The summed E-state index contributed by atoms with van der Waals surface area (Å²) >= 11 is 0. The molecular formula is C14H28O5. The van der Waals surface area contributed by atoms with Gasteiger partial charge in [0.05, 0.1) is 19.0 Å². The molecule has 0 aromatic carbocycles. The van der Waals surface area contributed by atoms with E-state index in [1.165, 1.54) is 6.92 Å². The molecule has 1 aromatic heterocycles. The summed E-state index contributed by atoms with van der Waals surface area (Å²) in [7, 11) is 0. The Morgan fingerprint density at radius 2 is 1.68 bits per heavy atom. The standard InChI is InChI=1S/C6H14O2.C5H6O.C3H8O2/c1-4-7-6(3)8-5-2;1-5-3-2-4-6-5;1-3(5)2-4/h6H,4-5H2,1-3H3;2-4H,1H3;3-5H,2H2,1H3. The Morgan fingerprint density at radius 1 is 1.21 bits per heavy atom. The lowest BCUT2D eigenvalue weighted by Crippen LogP contribution is -2.11. The largest absolute Gasteiger partial charge is 0.470 e. The van der Waals surface area contributed by atoms with E-state index in [-0.39, 0.29) is 12.9 Å². The van der Waals surface area contributed by atoms with E-state index in [4.69, 9.17) is 24.1 Å². The van der Waals surface area contributed by atoms with Gasteiger partial charge in [0.25, 0.3) is 0 Å². The normalized spacial score (nSPS) is 11.2. The van der Waals surface area contributed by atoms with Crippen LogP contribution >= 0.6 is 0 Å². The van der Waals surface area contributed by atoms with E-state index >= 15 is 0 Å². The molecule has 0 saturated carbocycles. The molecule has 1 unspecified atom stereocenters. The first-order chi connectivity index (χ1) is 8.97. The second-order valence-electron chi connectivity index (χ2n) is 3.73. The molecule has 0 radical (unpaired) electrons. The van der Waals surface area contributed by atoms with Gasteiger partial charge in [-0.1, -0.05) is 0 Å². The first-order valence-electron chi connectivity index (χ1n) is 6.50. The number of hydrogen-bond donors (Lipinski definition) is 2. The zero-order chi connectivity index (χ0) is 15.1. The average Bonchev–Trinajstić information content (AvgIpc) is 2.82. The van der Waals surface area contributed by atoms with E-state index in [1.54, 1.807) is 6.26 Å². The summed E-state index contributed by atoms with van der Waals surface area (Å²) in [5.74, 6) is 0.968. The molecule has 5 nitrogen and oxygen atoms in total. The van der Waals surface area contributed by atoms with Gasteiger partial charge in [-0.2, -0.15) is 0 Å². The third kappa shape index (κ3) is 19.6. The molecular weight excluding hydrogens is 248 g/mol. The Balaban J connectivity index is 0. The van der Waals surface area contributed by atoms with Crippen molar-refractivity contribution in [2.45, 2.75) is 47.0 Å². The van der Waals surface area contributed by atoms with Crippen molar-refractivity contribution >= 4 is 0 Å². The van der Waals surface area contributed by atoms with E-state index in [9.17, 15) is 0 Å².